The van der Waals surface area contributed by atoms with Crippen molar-refractivity contribution in [2.75, 3.05) is 105 Å². The third-order valence-corrected chi connectivity index (χ3v) is 28.2. The molecule has 6 heterocycles. The first kappa shape index (κ1) is 99.6. The Hall–Kier alpha value is -13.4. The van der Waals surface area contributed by atoms with Crippen LogP contribution in [0.3, 0.4) is 0 Å². The van der Waals surface area contributed by atoms with Crippen molar-refractivity contribution in [2.45, 2.75) is 146 Å². The van der Waals surface area contributed by atoms with E-state index in [0.29, 0.717) is 17.1 Å². The summed E-state index contributed by atoms with van der Waals surface area (Å²) < 4.78 is 89.6. The van der Waals surface area contributed by atoms with Gasteiger partial charge < -0.3 is 86.7 Å². The van der Waals surface area contributed by atoms with Crippen molar-refractivity contribution < 1.29 is 89.3 Å². The first-order valence-electron chi connectivity index (χ1n) is 46.4. The summed E-state index contributed by atoms with van der Waals surface area (Å²) in [5.41, 5.74) is 16.6. The second-order valence-corrected chi connectivity index (χ2v) is 37.2. The van der Waals surface area contributed by atoms with E-state index in [-0.39, 0.29) is 174 Å². The summed E-state index contributed by atoms with van der Waals surface area (Å²) in [6, 6.07) is 65.8. The van der Waals surface area contributed by atoms with E-state index in [2.05, 4.69) is 65.9 Å². The summed E-state index contributed by atoms with van der Waals surface area (Å²) >= 11 is 0. The lowest BCUT2D eigenvalue weighted by molar-refractivity contribution is -0.148. The van der Waals surface area contributed by atoms with Crippen LogP contribution in [-0.4, -0.2) is 220 Å². The van der Waals surface area contributed by atoms with E-state index in [9.17, 15) is 38.8 Å². The molecule has 6 N–H and O–H groups in total. The number of methoxy groups -OCH3 is 2. The van der Waals surface area contributed by atoms with Crippen molar-refractivity contribution in [3.63, 3.8) is 0 Å². The van der Waals surface area contributed by atoms with E-state index in [1.807, 2.05) is 179 Å². The number of ether oxygens (including phenoxy) is 8. The first-order valence-corrected chi connectivity index (χ1v) is 48.7. The van der Waals surface area contributed by atoms with Crippen LogP contribution in [0.2, 0.25) is 0 Å². The number of amides is 5. The molecule has 0 spiro atoms. The molecule has 16 rings (SSSR count). The van der Waals surface area contributed by atoms with Crippen molar-refractivity contribution in [3.8, 4) is 39.8 Å². The van der Waals surface area contributed by atoms with E-state index >= 15 is 0 Å². The van der Waals surface area contributed by atoms with Crippen LogP contribution in [0.5, 0.6) is 11.5 Å². The predicted molar refractivity (Wildman–Crippen MR) is 521 cm³/mol. The molecule has 4 aliphatic rings. The third-order valence-electron chi connectivity index (χ3n) is 24.8. The van der Waals surface area contributed by atoms with Gasteiger partial charge in [-0.3, -0.25) is 43.4 Å². The van der Waals surface area contributed by atoms with Gasteiger partial charge in [0.25, 0.3) is 25.9 Å². The standard InChI is InChI=1S/C102H112N16O20P2/c1-64(2)118(65(3)4)139(132-52-48-104)137-83-53-90(117-63-109-93-96(117)112-99(113-98(93)123)110-87(119)33-20-49-114(5)100(124)129-56-81-77-29-16-12-25-73(77)74-26-13-17-30-78(74)81)136-86(83)59-134-140(133-51-22-47-103)138-84-54-89(135-85(84)58-131-102(68-23-10-9-11-24-68,69-39-43-71(126-7)44-40-69)70-41-45-72(127-8)46-42-70)116-62-108-92-94(106-61-107-95(92)116)111-97(122)67-37-35-66(36-38-67)55-105-88(120)60-128-91(121)34-21-50-115(6)101(125)130-57-82-79-31-18-14-27-75(79)76-28-15-19-32-80(76)82/h9-19,23-32,35-46,61-65,81-86,89-90H,20-22,33-34,48-60,104H2,1-8H3,(H,105,120)(H,106,107,111,122)(H2,110,112,113,119,123). The fourth-order valence-corrected chi connectivity index (χ4v) is 20.8. The molecule has 2 fully saturated rings. The van der Waals surface area contributed by atoms with Crippen molar-refractivity contribution in [3.05, 3.63) is 280 Å². The predicted octanol–water partition coefficient (Wildman–Crippen LogP) is 15.5. The molecule has 2 aliphatic heterocycles. The maximum atomic E-state index is 14.2. The number of hydrogen-bond acceptors (Lipinski definition) is 28. The molecule has 12 aromatic rings. The van der Waals surface area contributed by atoms with Gasteiger partial charge in [0, 0.05) is 95.4 Å². The minimum Gasteiger partial charge on any atom is -0.497 e. The molecule has 730 valence electrons. The SMILES string of the molecule is COc1ccc(C(OCC2OC(n3cnc4c(NC(=O)c5ccc(CNC(=O)COC(=O)CCCN(C)C(=O)OCC6c7ccccc7-c7ccccc76)cc5)ncnc43)CC2OP(OCCC#N)OCC2OC(n3cnc4c(=O)[nH]c(NC(=O)CCCN(C)C(=O)OCC5c6ccccc6-c6ccccc65)nc43)CC2OP(OCCN)N(C(C)C)C(C)C)(c2ccccc2)c2ccc(OC)cc2)cc1. The molecule has 8 atom stereocenters. The van der Waals surface area contributed by atoms with Gasteiger partial charge in [0.1, 0.15) is 61.3 Å². The number of benzene rings is 8. The van der Waals surface area contributed by atoms with Gasteiger partial charge >= 0.3 is 26.8 Å². The molecule has 5 amide bonds. The summed E-state index contributed by atoms with van der Waals surface area (Å²) in [6.45, 7) is 8.16. The molecule has 8 aromatic carbocycles. The number of imidazole rings is 2. The number of aromatic amines is 1. The van der Waals surface area contributed by atoms with Crippen LogP contribution in [0.1, 0.15) is 152 Å². The van der Waals surface area contributed by atoms with Gasteiger partial charge in [0.2, 0.25) is 11.9 Å². The fraction of sp³-hybridized carbons (Fsp3) is 0.363. The van der Waals surface area contributed by atoms with Gasteiger partial charge in [-0.05, 0) is 144 Å². The van der Waals surface area contributed by atoms with Gasteiger partial charge in [0.15, 0.2) is 34.8 Å². The summed E-state index contributed by atoms with van der Waals surface area (Å²) in [5, 5.41) is 18.4. The highest BCUT2D eigenvalue weighted by Crippen LogP contribution is 2.54. The molecule has 8 unspecified atom stereocenters. The fourth-order valence-electron chi connectivity index (χ4n) is 17.9. The topological polar surface area (TPSA) is 425 Å². The lowest BCUT2D eigenvalue weighted by Gasteiger charge is -2.37. The number of nitrogens with zero attached hydrogens (tertiary/aromatic N) is 11. The number of nitriles is 1. The van der Waals surface area contributed by atoms with E-state index in [0.717, 1.165) is 61.2 Å². The van der Waals surface area contributed by atoms with Crippen LogP contribution >= 0.6 is 17.1 Å². The number of nitrogens with one attached hydrogen (secondary N) is 4. The second-order valence-electron chi connectivity index (χ2n) is 34.6. The van der Waals surface area contributed by atoms with E-state index in [4.69, 9.17) is 81.2 Å². The van der Waals surface area contributed by atoms with Crippen LogP contribution in [0.25, 0.3) is 44.6 Å². The van der Waals surface area contributed by atoms with Gasteiger partial charge in [-0.15, -0.1) is 0 Å². The number of nitrogens with two attached hydrogens (primary N) is 1. The number of aromatic nitrogens is 8. The number of carbonyl (C=O) groups excluding carboxylic acids is 6. The molecule has 0 bridgehead atoms. The molecule has 36 nitrogen and oxygen atoms in total. The highest BCUT2D eigenvalue weighted by Gasteiger charge is 2.48. The highest BCUT2D eigenvalue weighted by atomic mass is 31.2. The zero-order chi connectivity index (χ0) is 97.9. The maximum Gasteiger partial charge on any atom is 0.409 e. The van der Waals surface area contributed by atoms with Crippen molar-refractivity contribution in [1.82, 2.24) is 58.8 Å². The number of rotatable bonds is 45. The normalized spacial score (nSPS) is 17.0. The van der Waals surface area contributed by atoms with Crippen LogP contribution in [-0.2, 0) is 77.6 Å². The molecule has 140 heavy (non-hydrogen) atoms. The lowest BCUT2D eigenvalue weighted by atomic mass is 9.80. The number of H-pyrrole nitrogens is 1. The lowest BCUT2D eigenvalue weighted by Crippen LogP contribution is -2.38. The summed E-state index contributed by atoms with van der Waals surface area (Å²) in [7, 11) is 2.04. The van der Waals surface area contributed by atoms with Gasteiger partial charge in [0.05, 0.1) is 78.0 Å². The van der Waals surface area contributed by atoms with Gasteiger partial charge in [-0.25, -0.2) is 34.2 Å². The van der Waals surface area contributed by atoms with Crippen LogP contribution < -0.4 is 36.7 Å². The molecular weight excluding hydrogens is 1830 g/mol. The van der Waals surface area contributed by atoms with E-state index < -0.39 is 108 Å². The molecule has 2 saturated heterocycles. The Morgan fingerprint density at radius 3 is 1.64 bits per heavy atom. The Morgan fingerprint density at radius 2 is 1.09 bits per heavy atom. The van der Waals surface area contributed by atoms with Crippen molar-refractivity contribution in [1.29, 1.82) is 5.26 Å². The van der Waals surface area contributed by atoms with E-state index in [1.165, 1.54) is 28.8 Å². The number of carbonyl (C=O) groups is 6. The first-order chi connectivity index (χ1) is 68.1. The number of hydrogen-bond donors (Lipinski definition) is 5. The number of anilines is 2. The van der Waals surface area contributed by atoms with Crippen LogP contribution in [0.15, 0.2) is 224 Å². The van der Waals surface area contributed by atoms with Crippen molar-refractivity contribution >= 4 is 87.1 Å². The molecule has 0 saturated carbocycles. The summed E-state index contributed by atoms with van der Waals surface area (Å²) in [4.78, 5) is 123. The average molecular weight is 1940 g/mol. The van der Waals surface area contributed by atoms with Crippen LogP contribution in [0.4, 0.5) is 21.4 Å². The average Bonchev–Trinajstić information content (AvgIpc) is 1.18. The Kier molecular flexibility index (Phi) is 33.2. The Balaban J connectivity index is 0.602. The Labute approximate surface area is 811 Å². The summed E-state index contributed by atoms with van der Waals surface area (Å²) in [5.74, 6) is -1.26. The molecule has 2 aliphatic carbocycles. The maximum absolute atomic E-state index is 14.2. The molecule has 4 aromatic heterocycles. The van der Waals surface area contributed by atoms with Gasteiger partial charge in [-0.1, -0.05) is 164 Å². The molecular formula is C102H112N16O20P2. The highest BCUT2D eigenvalue weighted by molar-refractivity contribution is 7.44. The zero-order valence-corrected chi connectivity index (χ0v) is 80.6. The minimum atomic E-state index is -2.49. The quantitative estimate of drug-likeness (QED) is 0.00778. The molecule has 0 radical (unpaired) electrons. The molecule has 38 heteroatoms. The second kappa shape index (κ2) is 46.6. The van der Waals surface area contributed by atoms with Crippen LogP contribution in [0, 0.1) is 11.3 Å². The Bertz CT molecular complexity index is 6280. The summed E-state index contributed by atoms with van der Waals surface area (Å²) in [6.07, 6.45) is -1.82. The number of fused-ring (bicyclic) bond motifs is 8. The monoisotopic (exact) mass is 1940 g/mol. The smallest absolute Gasteiger partial charge is 0.409 e. The van der Waals surface area contributed by atoms with Gasteiger partial charge in [-0.2, -0.15) is 10.2 Å². The van der Waals surface area contributed by atoms with Crippen molar-refractivity contribution in [2.24, 2.45) is 5.73 Å². The third kappa shape index (κ3) is 23.2. The Morgan fingerprint density at radius 1 is 0.571 bits per heavy atom. The zero-order valence-electron chi connectivity index (χ0n) is 78.8. The largest absolute Gasteiger partial charge is 0.497 e. The van der Waals surface area contributed by atoms with E-state index in [1.54, 1.807) is 61.7 Å². The minimum absolute atomic E-state index is 0.0395. The number of esters is 1.